The molecular formula is C21H40O3. The summed E-state index contributed by atoms with van der Waals surface area (Å²) in [6.07, 6.45) is 16.0. The van der Waals surface area contributed by atoms with Crippen LogP contribution in [0.25, 0.3) is 0 Å². The van der Waals surface area contributed by atoms with E-state index in [-0.39, 0.29) is 17.9 Å². The third-order valence-electron chi connectivity index (χ3n) is 4.43. The lowest BCUT2D eigenvalue weighted by molar-refractivity contribution is -0.150. The number of hydrogen-bond acceptors (Lipinski definition) is 3. The normalized spacial score (nSPS) is 12.1. The summed E-state index contributed by atoms with van der Waals surface area (Å²) in [5.41, 5.74) is 0. The minimum atomic E-state index is -0.207. The first-order chi connectivity index (χ1) is 11.6. The SMILES string of the molecule is CCCCCCCCCCCC(CC(C)=O)OC(=O)CCCCC. The molecule has 0 aliphatic heterocycles. The van der Waals surface area contributed by atoms with Gasteiger partial charge in [-0.15, -0.1) is 0 Å². The average Bonchev–Trinajstić information content (AvgIpc) is 2.53. The van der Waals surface area contributed by atoms with Gasteiger partial charge in [-0.25, -0.2) is 0 Å². The smallest absolute Gasteiger partial charge is 0.306 e. The predicted molar refractivity (Wildman–Crippen MR) is 101 cm³/mol. The number of hydrogen-bond donors (Lipinski definition) is 0. The lowest BCUT2D eigenvalue weighted by Gasteiger charge is -2.16. The van der Waals surface area contributed by atoms with Gasteiger partial charge in [0.25, 0.3) is 0 Å². The van der Waals surface area contributed by atoms with Crippen LogP contribution in [-0.4, -0.2) is 17.9 Å². The first-order valence-corrected chi connectivity index (χ1v) is 10.3. The molecule has 1 atom stereocenters. The Kier molecular flexibility index (Phi) is 16.4. The number of rotatable bonds is 17. The summed E-state index contributed by atoms with van der Waals surface area (Å²) >= 11 is 0. The molecule has 0 aliphatic rings. The van der Waals surface area contributed by atoms with Gasteiger partial charge in [-0.2, -0.15) is 0 Å². The van der Waals surface area contributed by atoms with Gasteiger partial charge >= 0.3 is 5.97 Å². The maximum absolute atomic E-state index is 11.8. The van der Waals surface area contributed by atoms with E-state index < -0.39 is 0 Å². The highest BCUT2D eigenvalue weighted by molar-refractivity contribution is 5.76. The van der Waals surface area contributed by atoms with Gasteiger partial charge in [-0.05, 0) is 26.2 Å². The molecule has 1 unspecified atom stereocenters. The third-order valence-corrected chi connectivity index (χ3v) is 4.43. The third kappa shape index (κ3) is 16.0. The second kappa shape index (κ2) is 17.0. The lowest BCUT2D eigenvalue weighted by atomic mass is 10.0. The van der Waals surface area contributed by atoms with Crippen molar-refractivity contribution < 1.29 is 14.3 Å². The first kappa shape index (κ1) is 23.1. The van der Waals surface area contributed by atoms with Gasteiger partial charge in [0.2, 0.25) is 0 Å². The largest absolute Gasteiger partial charge is 0.462 e. The number of ether oxygens (including phenoxy) is 1. The molecule has 3 nitrogen and oxygen atoms in total. The van der Waals surface area contributed by atoms with Crippen LogP contribution < -0.4 is 0 Å². The van der Waals surface area contributed by atoms with Gasteiger partial charge in [-0.3, -0.25) is 9.59 Å². The Balaban J connectivity index is 3.78. The van der Waals surface area contributed by atoms with Crippen LogP contribution in [-0.2, 0) is 14.3 Å². The van der Waals surface area contributed by atoms with Crippen LogP contribution in [0, 0.1) is 0 Å². The molecule has 0 aromatic carbocycles. The Morgan fingerprint density at radius 3 is 1.79 bits per heavy atom. The molecule has 0 rings (SSSR count). The van der Waals surface area contributed by atoms with E-state index in [9.17, 15) is 9.59 Å². The van der Waals surface area contributed by atoms with Crippen LogP contribution in [0.15, 0.2) is 0 Å². The van der Waals surface area contributed by atoms with E-state index in [4.69, 9.17) is 4.74 Å². The molecule has 0 bridgehead atoms. The first-order valence-electron chi connectivity index (χ1n) is 10.3. The zero-order valence-electron chi connectivity index (χ0n) is 16.4. The van der Waals surface area contributed by atoms with Crippen molar-refractivity contribution in [2.24, 2.45) is 0 Å². The van der Waals surface area contributed by atoms with Gasteiger partial charge in [0.1, 0.15) is 11.9 Å². The molecule has 3 heteroatoms. The summed E-state index contributed by atoms with van der Waals surface area (Å²) in [6.45, 7) is 5.94. The quantitative estimate of drug-likeness (QED) is 0.228. The molecule has 0 heterocycles. The van der Waals surface area contributed by atoms with Crippen LogP contribution in [0.2, 0.25) is 0 Å². The molecule has 0 N–H and O–H groups in total. The van der Waals surface area contributed by atoms with Gasteiger partial charge in [0.05, 0.1) is 0 Å². The maximum Gasteiger partial charge on any atom is 0.306 e. The van der Waals surface area contributed by atoms with Crippen LogP contribution in [0.1, 0.15) is 117 Å². The lowest BCUT2D eigenvalue weighted by Crippen LogP contribution is -2.20. The zero-order valence-corrected chi connectivity index (χ0v) is 16.4. The molecule has 142 valence electrons. The van der Waals surface area contributed by atoms with Crippen LogP contribution in [0.5, 0.6) is 0 Å². The number of carbonyl (C=O) groups excluding carboxylic acids is 2. The molecule has 24 heavy (non-hydrogen) atoms. The fourth-order valence-corrected chi connectivity index (χ4v) is 2.97. The zero-order chi connectivity index (χ0) is 18.0. The fourth-order valence-electron chi connectivity index (χ4n) is 2.97. The number of Topliss-reactive ketones (excluding diaryl/α,β-unsaturated/α-hetero) is 1. The van der Waals surface area contributed by atoms with Crippen molar-refractivity contribution in [3.05, 3.63) is 0 Å². The highest BCUT2D eigenvalue weighted by atomic mass is 16.5. The van der Waals surface area contributed by atoms with E-state index >= 15 is 0 Å². The van der Waals surface area contributed by atoms with Crippen molar-refractivity contribution in [3.8, 4) is 0 Å². The Morgan fingerprint density at radius 1 is 0.750 bits per heavy atom. The van der Waals surface area contributed by atoms with E-state index in [0.717, 1.165) is 32.1 Å². The molecule has 0 aliphatic carbocycles. The van der Waals surface area contributed by atoms with E-state index in [1.54, 1.807) is 6.92 Å². The van der Waals surface area contributed by atoms with Crippen molar-refractivity contribution in [2.75, 3.05) is 0 Å². The number of carbonyl (C=O) groups is 2. The Hall–Kier alpha value is -0.860. The minimum Gasteiger partial charge on any atom is -0.462 e. The second-order valence-electron chi connectivity index (χ2n) is 7.09. The molecule has 0 fully saturated rings. The van der Waals surface area contributed by atoms with Gasteiger partial charge in [0.15, 0.2) is 0 Å². The van der Waals surface area contributed by atoms with Crippen molar-refractivity contribution in [3.63, 3.8) is 0 Å². The second-order valence-corrected chi connectivity index (χ2v) is 7.09. The Bertz CT molecular complexity index is 312. The number of ketones is 1. The molecule has 0 aromatic heterocycles. The van der Waals surface area contributed by atoms with E-state index in [1.165, 1.54) is 51.4 Å². The molecule has 0 radical (unpaired) electrons. The van der Waals surface area contributed by atoms with E-state index in [1.807, 2.05) is 0 Å². The molecule has 0 saturated heterocycles. The van der Waals surface area contributed by atoms with Crippen LogP contribution in [0.3, 0.4) is 0 Å². The van der Waals surface area contributed by atoms with E-state index in [2.05, 4.69) is 13.8 Å². The molecule has 0 aromatic rings. The summed E-state index contributed by atoms with van der Waals surface area (Å²) in [5, 5.41) is 0. The van der Waals surface area contributed by atoms with Gasteiger partial charge in [-0.1, -0.05) is 78.1 Å². The summed E-state index contributed by atoms with van der Waals surface area (Å²) < 4.78 is 5.52. The van der Waals surface area contributed by atoms with Crippen molar-refractivity contribution in [2.45, 2.75) is 123 Å². The van der Waals surface area contributed by atoms with Crippen LogP contribution in [0.4, 0.5) is 0 Å². The van der Waals surface area contributed by atoms with E-state index in [0.29, 0.717) is 12.8 Å². The predicted octanol–water partition coefficient (Wildman–Crippen LogP) is 6.38. The Labute approximate surface area is 149 Å². The van der Waals surface area contributed by atoms with Gasteiger partial charge < -0.3 is 4.74 Å². The minimum absolute atomic E-state index is 0.109. The Morgan fingerprint density at radius 2 is 1.25 bits per heavy atom. The fraction of sp³-hybridized carbons (Fsp3) is 0.905. The van der Waals surface area contributed by atoms with Crippen molar-refractivity contribution in [1.82, 2.24) is 0 Å². The summed E-state index contributed by atoms with van der Waals surface area (Å²) in [7, 11) is 0. The topological polar surface area (TPSA) is 43.4 Å². The number of esters is 1. The molecule has 0 spiro atoms. The summed E-state index contributed by atoms with van der Waals surface area (Å²) in [6, 6.07) is 0. The number of unbranched alkanes of at least 4 members (excludes halogenated alkanes) is 10. The molecule has 0 saturated carbocycles. The van der Waals surface area contributed by atoms with Gasteiger partial charge in [0, 0.05) is 12.8 Å². The summed E-state index contributed by atoms with van der Waals surface area (Å²) in [4.78, 5) is 23.2. The van der Waals surface area contributed by atoms with Crippen molar-refractivity contribution >= 4 is 11.8 Å². The molecular weight excluding hydrogens is 300 g/mol. The van der Waals surface area contributed by atoms with Crippen molar-refractivity contribution in [1.29, 1.82) is 0 Å². The average molecular weight is 341 g/mol. The summed E-state index contributed by atoms with van der Waals surface area (Å²) in [5.74, 6) is -0.0251. The standard InChI is InChI=1S/C21H40O3/c1-4-6-8-9-10-11-12-13-15-16-20(18-19(3)22)24-21(23)17-14-7-5-2/h20H,4-18H2,1-3H3. The highest BCUT2D eigenvalue weighted by Crippen LogP contribution is 2.15. The highest BCUT2D eigenvalue weighted by Gasteiger charge is 2.16. The van der Waals surface area contributed by atoms with Crippen LogP contribution >= 0.6 is 0 Å². The monoisotopic (exact) mass is 340 g/mol. The molecule has 0 amide bonds. The maximum atomic E-state index is 11.8.